The van der Waals surface area contributed by atoms with Gasteiger partial charge in [0.1, 0.15) is 22.3 Å². The summed E-state index contributed by atoms with van der Waals surface area (Å²) in [5.74, 6) is -0.664. The van der Waals surface area contributed by atoms with Crippen molar-refractivity contribution in [2.24, 2.45) is 0 Å². The second kappa shape index (κ2) is 7.72. The van der Waals surface area contributed by atoms with Crippen LogP contribution in [0.5, 0.6) is 0 Å². The van der Waals surface area contributed by atoms with Crippen molar-refractivity contribution in [2.75, 3.05) is 0 Å². The number of hydrogen-bond acceptors (Lipinski definition) is 3. The first kappa shape index (κ1) is 21.0. The molecule has 0 spiro atoms. The largest absolute Gasteiger partial charge is 0.598 e. The second-order valence-corrected chi connectivity index (χ2v) is 8.96. The van der Waals surface area contributed by atoms with Gasteiger partial charge in [0.2, 0.25) is 0 Å². The molecule has 2 atom stereocenters. The summed E-state index contributed by atoms with van der Waals surface area (Å²) < 4.78 is 67.0. The minimum atomic E-state index is -4.62. The van der Waals surface area contributed by atoms with Crippen LogP contribution in [0.2, 0.25) is 5.02 Å². The second-order valence-electron chi connectivity index (χ2n) is 6.55. The molecule has 26 heavy (non-hydrogen) atoms. The smallest absolute Gasteiger partial charge is 0.433 e. The van der Waals surface area contributed by atoms with E-state index < -0.39 is 39.8 Å². The molecule has 0 aliphatic rings. The molecule has 0 radical (unpaired) electrons. The van der Waals surface area contributed by atoms with Crippen molar-refractivity contribution in [1.82, 2.24) is 9.71 Å². The summed E-state index contributed by atoms with van der Waals surface area (Å²) in [6, 6.07) is 6.21. The minimum Gasteiger partial charge on any atom is -0.598 e. The first-order chi connectivity index (χ1) is 11.9. The minimum absolute atomic E-state index is 0.0000924. The molecule has 0 saturated carbocycles. The van der Waals surface area contributed by atoms with E-state index in [0.29, 0.717) is 5.56 Å². The van der Waals surface area contributed by atoms with Crippen LogP contribution < -0.4 is 4.72 Å². The van der Waals surface area contributed by atoms with E-state index in [1.165, 1.54) is 24.3 Å². The van der Waals surface area contributed by atoms with Crippen molar-refractivity contribution >= 4 is 23.0 Å². The molecule has 142 valence electrons. The van der Waals surface area contributed by atoms with Gasteiger partial charge in [0.05, 0.1) is 10.7 Å². The predicted octanol–water partition coefficient (Wildman–Crippen LogP) is 5.03. The Morgan fingerprint density at radius 1 is 1.15 bits per heavy atom. The number of benzene rings is 1. The van der Waals surface area contributed by atoms with Gasteiger partial charge in [-0.3, -0.25) is 0 Å². The van der Waals surface area contributed by atoms with Gasteiger partial charge < -0.3 is 4.55 Å². The summed E-state index contributed by atoms with van der Waals surface area (Å²) in [7, 11) is 0. The summed E-state index contributed by atoms with van der Waals surface area (Å²) >= 11 is 4.18. The topological polar surface area (TPSA) is 48.0 Å². The maximum Gasteiger partial charge on any atom is 0.433 e. The molecule has 0 aliphatic heterocycles. The van der Waals surface area contributed by atoms with E-state index in [9.17, 15) is 22.1 Å². The van der Waals surface area contributed by atoms with Crippen molar-refractivity contribution in [3.05, 3.63) is 64.2 Å². The van der Waals surface area contributed by atoms with Crippen LogP contribution in [0.4, 0.5) is 17.6 Å². The molecule has 2 aromatic rings. The van der Waals surface area contributed by atoms with Crippen LogP contribution in [0.25, 0.3) is 0 Å². The predicted molar refractivity (Wildman–Crippen MR) is 93.5 cm³/mol. The maximum absolute atomic E-state index is 13.5. The van der Waals surface area contributed by atoms with Crippen LogP contribution in [-0.2, 0) is 17.5 Å². The molecule has 0 unspecified atom stereocenters. The summed E-state index contributed by atoms with van der Waals surface area (Å²) in [5, 5.41) is -0.192. The lowest BCUT2D eigenvalue weighted by Crippen LogP contribution is -2.41. The molecule has 0 aliphatic carbocycles. The van der Waals surface area contributed by atoms with Crippen LogP contribution in [-0.4, -0.2) is 14.3 Å². The number of nitrogens with zero attached hydrogens (tertiary/aromatic N) is 1. The van der Waals surface area contributed by atoms with E-state index in [1.54, 1.807) is 20.8 Å². The molecule has 1 heterocycles. The fraction of sp³-hybridized carbons (Fsp3) is 0.353. The third kappa shape index (κ3) is 5.09. The Morgan fingerprint density at radius 2 is 1.81 bits per heavy atom. The average molecular weight is 409 g/mol. The molecule has 3 nitrogen and oxygen atoms in total. The van der Waals surface area contributed by atoms with Gasteiger partial charge in [-0.25, -0.2) is 9.37 Å². The lowest BCUT2D eigenvalue weighted by atomic mass is 10.0. The normalized spacial score (nSPS) is 15.0. The molecule has 0 saturated heterocycles. The third-order valence-corrected chi connectivity index (χ3v) is 5.27. The van der Waals surface area contributed by atoms with Crippen molar-refractivity contribution in [1.29, 1.82) is 0 Å². The van der Waals surface area contributed by atoms with Gasteiger partial charge in [-0.2, -0.15) is 13.2 Å². The quantitative estimate of drug-likeness (QED) is 0.570. The lowest BCUT2D eigenvalue weighted by Gasteiger charge is -2.28. The monoisotopic (exact) mass is 408 g/mol. The number of nitrogens with one attached hydrogen (secondary N) is 1. The summed E-state index contributed by atoms with van der Waals surface area (Å²) in [6.45, 7) is 5.14. The van der Waals surface area contributed by atoms with Crippen LogP contribution in [0, 0.1) is 5.82 Å². The number of rotatable bonds is 4. The van der Waals surface area contributed by atoms with Crippen molar-refractivity contribution < 1.29 is 22.1 Å². The third-order valence-electron chi connectivity index (χ3n) is 3.41. The highest BCUT2D eigenvalue weighted by atomic mass is 35.5. The zero-order chi connectivity index (χ0) is 19.7. The van der Waals surface area contributed by atoms with Crippen LogP contribution in [0.3, 0.4) is 0 Å². The van der Waals surface area contributed by atoms with Gasteiger partial charge in [0, 0.05) is 11.4 Å². The highest BCUT2D eigenvalue weighted by Gasteiger charge is 2.35. The zero-order valence-electron chi connectivity index (χ0n) is 14.2. The number of halogens is 5. The molecule has 9 heteroatoms. The van der Waals surface area contributed by atoms with Gasteiger partial charge in [0.15, 0.2) is 0 Å². The fourth-order valence-electron chi connectivity index (χ4n) is 2.05. The molecule has 0 bridgehead atoms. The van der Waals surface area contributed by atoms with Gasteiger partial charge in [-0.05, 0) is 50.6 Å². The molecule has 1 aromatic heterocycles. The van der Waals surface area contributed by atoms with Crippen molar-refractivity contribution in [3.63, 3.8) is 0 Å². The van der Waals surface area contributed by atoms with E-state index in [1.807, 2.05) is 0 Å². The fourth-order valence-corrected chi connectivity index (χ4v) is 3.06. The first-order valence-corrected chi connectivity index (χ1v) is 9.09. The number of alkyl halides is 3. The van der Waals surface area contributed by atoms with E-state index in [2.05, 4.69) is 9.71 Å². The van der Waals surface area contributed by atoms with Gasteiger partial charge in [-0.1, -0.05) is 23.7 Å². The van der Waals surface area contributed by atoms with Gasteiger partial charge >= 0.3 is 6.18 Å². The molecule has 1 N–H and O–H groups in total. The number of aromatic nitrogens is 1. The van der Waals surface area contributed by atoms with Crippen LogP contribution in [0.15, 0.2) is 36.4 Å². The van der Waals surface area contributed by atoms with Crippen LogP contribution in [0.1, 0.15) is 43.8 Å². The molecular formula is C17H17ClF4N2OS. The number of pyridine rings is 1. The van der Waals surface area contributed by atoms with E-state index in [-0.39, 0.29) is 10.7 Å². The van der Waals surface area contributed by atoms with E-state index in [0.717, 1.165) is 12.1 Å². The Labute approximate surface area is 157 Å². The Kier molecular flexibility index (Phi) is 6.22. The zero-order valence-corrected chi connectivity index (χ0v) is 15.8. The van der Waals surface area contributed by atoms with Gasteiger partial charge in [-0.15, -0.1) is 4.72 Å². The maximum atomic E-state index is 13.5. The molecule has 0 fully saturated rings. The Balaban J connectivity index is 2.51. The molecular weight excluding hydrogens is 392 g/mol. The number of hydrogen-bond donors (Lipinski definition) is 1. The Bertz CT molecular complexity index is 780. The van der Waals surface area contributed by atoms with Crippen LogP contribution >= 0.6 is 11.6 Å². The molecule has 0 amide bonds. The van der Waals surface area contributed by atoms with Gasteiger partial charge in [0.25, 0.3) is 0 Å². The molecule has 2 rings (SSSR count). The average Bonchev–Trinajstić information content (AvgIpc) is 2.53. The first-order valence-electron chi connectivity index (χ1n) is 7.57. The van der Waals surface area contributed by atoms with Crippen molar-refractivity contribution in [3.8, 4) is 0 Å². The SMILES string of the molecule is CC(C)(C)[S@@+]([O-])N[C@H](c1ccc(F)c(Cl)c1)c1cccc(C(F)(F)F)n1. The Morgan fingerprint density at radius 3 is 2.35 bits per heavy atom. The molecule has 1 aromatic carbocycles. The summed E-state index contributed by atoms with van der Waals surface area (Å²) in [6.07, 6.45) is -4.62. The van der Waals surface area contributed by atoms with E-state index >= 15 is 0 Å². The summed E-state index contributed by atoms with van der Waals surface area (Å²) in [5.41, 5.74) is -0.725. The Hall–Kier alpha value is -1.35. The van der Waals surface area contributed by atoms with E-state index in [4.69, 9.17) is 11.6 Å². The highest BCUT2D eigenvalue weighted by Crippen LogP contribution is 2.31. The van der Waals surface area contributed by atoms with Crippen molar-refractivity contribution in [2.45, 2.75) is 37.7 Å². The summed E-state index contributed by atoms with van der Waals surface area (Å²) in [4.78, 5) is 3.65. The highest BCUT2D eigenvalue weighted by molar-refractivity contribution is 7.90. The standard InChI is InChI=1S/C17H17ClF4N2OS/c1-16(2,3)26(25)24-15(10-7-8-12(19)11(18)9-10)13-5-4-6-14(23-13)17(20,21)22/h4-9,15,24H,1-3H3/t15-,26-/m1/s1. The lowest BCUT2D eigenvalue weighted by molar-refractivity contribution is -0.141.